The van der Waals surface area contributed by atoms with Crippen molar-refractivity contribution in [3.63, 3.8) is 0 Å². The van der Waals surface area contributed by atoms with E-state index >= 15 is 0 Å². The van der Waals surface area contributed by atoms with Crippen molar-refractivity contribution in [2.75, 3.05) is 6.54 Å². The molecule has 0 aromatic heterocycles. The molecule has 1 rings (SSSR count). The van der Waals surface area contributed by atoms with Gasteiger partial charge in [-0.1, -0.05) is 32.5 Å². The van der Waals surface area contributed by atoms with Crippen LogP contribution < -0.4 is 5.73 Å². The highest BCUT2D eigenvalue weighted by Gasteiger charge is 2.33. The lowest BCUT2D eigenvalue weighted by Gasteiger charge is -2.25. The van der Waals surface area contributed by atoms with Crippen LogP contribution >= 0.6 is 12.2 Å². The van der Waals surface area contributed by atoms with E-state index in [1.165, 1.54) is 0 Å². The van der Waals surface area contributed by atoms with Crippen molar-refractivity contribution in [1.29, 1.82) is 0 Å². The van der Waals surface area contributed by atoms with Gasteiger partial charge in [0.15, 0.2) is 0 Å². The summed E-state index contributed by atoms with van der Waals surface area (Å²) in [5.74, 6) is 0.414. The van der Waals surface area contributed by atoms with Crippen LogP contribution in [0.25, 0.3) is 0 Å². The fourth-order valence-electron chi connectivity index (χ4n) is 1.93. The van der Waals surface area contributed by atoms with Crippen LogP contribution in [0.5, 0.6) is 0 Å². The molecule has 0 aliphatic heterocycles. The van der Waals surface area contributed by atoms with Crippen LogP contribution in [0.15, 0.2) is 0 Å². The zero-order valence-corrected chi connectivity index (χ0v) is 11.1. The van der Waals surface area contributed by atoms with E-state index < -0.39 is 0 Å². The first-order valence-corrected chi connectivity index (χ1v) is 6.55. The van der Waals surface area contributed by atoms with E-state index in [2.05, 4.69) is 6.92 Å². The molecule has 0 aromatic rings. The first-order chi connectivity index (χ1) is 7.56. The van der Waals surface area contributed by atoms with E-state index in [0.29, 0.717) is 24.0 Å². The third kappa shape index (κ3) is 4.08. The Morgan fingerprint density at radius 1 is 1.56 bits per heavy atom. The van der Waals surface area contributed by atoms with Crippen molar-refractivity contribution in [3.05, 3.63) is 0 Å². The average Bonchev–Trinajstić information content (AvgIpc) is 3.01. The van der Waals surface area contributed by atoms with Crippen LogP contribution in [0.4, 0.5) is 0 Å². The Bertz CT molecular complexity index is 264. The van der Waals surface area contributed by atoms with Crippen molar-refractivity contribution < 1.29 is 4.79 Å². The highest BCUT2D eigenvalue weighted by molar-refractivity contribution is 7.80. The summed E-state index contributed by atoms with van der Waals surface area (Å²) < 4.78 is 0. The second-order valence-corrected chi connectivity index (χ2v) is 5.19. The Kier molecular flexibility index (Phi) is 5.19. The number of thiocarbonyl (C=S) groups is 1. The van der Waals surface area contributed by atoms with Crippen LogP contribution in [0.2, 0.25) is 0 Å². The number of carbonyl (C=O) groups is 1. The van der Waals surface area contributed by atoms with Gasteiger partial charge >= 0.3 is 0 Å². The molecular formula is C12H22N2OS. The van der Waals surface area contributed by atoms with Crippen molar-refractivity contribution in [1.82, 2.24) is 4.90 Å². The average molecular weight is 242 g/mol. The molecule has 1 atom stereocenters. The predicted octanol–water partition coefficient (Wildman–Crippen LogP) is 2.09. The summed E-state index contributed by atoms with van der Waals surface area (Å²) in [6, 6.07) is 0.459. The molecule has 0 aromatic carbocycles. The summed E-state index contributed by atoms with van der Waals surface area (Å²) >= 11 is 4.86. The van der Waals surface area contributed by atoms with E-state index in [1.54, 1.807) is 0 Å². The van der Waals surface area contributed by atoms with Gasteiger partial charge in [-0.15, -0.1) is 0 Å². The summed E-state index contributed by atoms with van der Waals surface area (Å²) in [5, 5.41) is 0. The third-order valence-corrected chi connectivity index (χ3v) is 3.22. The molecular weight excluding hydrogens is 220 g/mol. The predicted molar refractivity (Wildman–Crippen MR) is 70.2 cm³/mol. The van der Waals surface area contributed by atoms with Crippen LogP contribution in [0.1, 0.15) is 46.0 Å². The molecule has 1 aliphatic carbocycles. The molecule has 1 aliphatic rings. The number of hydrogen-bond donors (Lipinski definition) is 1. The Balaban J connectivity index is 2.48. The van der Waals surface area contributed by atoms with Crippen LogP contribution in [-0.4, -0.2) is 28.4 Å². The lowest BCUT2D eigenvalue weighted by Crippen LogP contribution is -2.38. The quantitative estimate of drug-likeness (QED) is 0.695. The first-order valence-electron chi connectivity index (χ1n) is 6.15. The highest BCUT2D eigenvalue weighted by atomic mass is 32.1. The molecule has 1 unspecified atom stereocenters. The Hall–Kier alpha value is -0.640. The fraction of sp³-hybridized carbons (Fsp3) is 0.833. The van der Waals surface area contributed by atoms with Crippen molar-refractivity contribution in [2.45, 2.75) is 52.0 Å². The van der Waals surface area contributed by atoms with E-state index in [0.717, 1.165) is 25.7 Å². The summed E-state index contributed by atoms with van der Waals surface area (Å²) in [7, 11) is 0. The molecule has 4 heteroatoms. The van der Waals surface area contributed by atoms with Crippen LogP contribution in [-0.2, 0) is 4.79 Å². The zero-order valence-electron chi connectivity index (χ0n) is 10.2. The molecule has 0 heterocycles. The zero-order chi connectivity index (χ0) is 12.1. The summed E-state index contributed by atoms with van der Waals surface area (Å²) in [5.41, 5.74) is 5.49. The van der Waals surface area contributed by atoms with Gasteiger partial charge in [0.25, 0.3) is 0 Å². The summed E-state index contributed by atoms with van der Waals surface area (Å²) in [4.78, 5) is 14.7. The third-order valence-electron chi connectivity index (χ3n) is 3.01. The molecule has 3 nitrogen and oxygen atoms in total. The minimum absolute atomic E-state index is 0.136. The second-order valence-electron chi connectivity index (χ2n) is 4.67. The van der Waals surface area contributed by atoms with Crippen LogP contribution in [0, 0.1) is 5.92 Å². The number of nitrogens with zero attached hydrogens (tertiary/aromatic N) is 1. The monoisotopic (exact) mass is 242 g/mol. The van der Waals surface area contributed by atoms with E-state index in [9.17, 15) is 4.79 Å². The minimum Gasteiger partial charge on any atom is -0.393 e. The lowest BCUT2D eigenvalue weighted by atomic mass is 10.0. The first kappa shape index (κ1) is 13.4. The van der Waals surface area contributed by atoms with Gasteiger partial charge < -0.3 is 10.6 Å². The smallest absolute Gasteiger partial charge is 0.225 e. The number of hydrogen-bond acceptors (Lipinski definition) is 2. The normalized spacial score (nSPS) is 16.9. The number of nitrogens with two attached hydrogens (primary N) is 1. The standard InChI is InChI=1S/C12H22N2OS/c1-3-4-9(2)12(15)14(10-5-6-10)8-7-11(13)16/h9-10H,3-8H2,1-2H3,(H2,13,16). The van der Waals surface area contributed by atoms with E-state index in [1.807, 2.05) is 11.8 Å². The molecule has 0 radical (unpaired) electrons. The largest absolute Gasteiger partial charge is 0.393 e. The highest BCUT2D eigenvalue weighted by Crippen LogP contribution is 2.28. The minimum atomic E-state index is 0.136. The maximum atomic E-state index is 12.2. The van der Waals surface area contributed by atoms with Crippen molar-refractivity contribution in [3.8, 4) is 0 Å². The fourth-order valence-corrected chi connectivity index (χ4v) is 2.02. The lowest BCUT2D eigenvalue weighted by molar-refractivity contribution is -0.135. The number of rotatable bonds is 7. The van der Waals surface area contributed by atoms with Gasteiger partial charge in [-0.05, 0) is 19.3 Å². The SMILES string of the molecule is CCCC(C)C(=O)N(CCC(N)=S)C1CC1. The van der Waals surface area contributed by atoms with Gasteiger partial charge in [0, 0.05) is 24.9 Å². The number of carbonyl (C=O) groups excluding carboxylic acids is 1. The Labute approximate surface area is 103 Å². The van der Waals surface area contributed by atoms with Gasteiger partial charge in [0.05, 0.1) is 4.99 Å². The molecule has 1 saturated carbocycles. The van der Waals surface area contributed by atoms with Crippen molar-refractivity contribution in [2.24, 2.45) is 11.7 Å². The van der Waals surface area contributed by atoms with Gasteiger partial charge in [0.1, 0.15) is 0 Å². The molecule has 92 valence electrons. The van der Waals surface area contributed by atoms with Gasteiger partial charge in [-0.25, -0.2) is 0 Å². The maximum absolute atomic E-state index is 12.2. The van der Waals surface area contributed by atoms with E-state index in [-0.39, 0.29) is 11.8 Å². The molecule has 0 bridgehead atoms. The molecule has 0 saturated heterocycles. The molecule has 2 N–H and O–H groups in total. The van der Waals surface area contributed by atoms with Gasteiger partial charge in [0.2, 0.25) is 5.91 Å². The Morgan fingerprint density at radius 3 is 2.62 bits per heavy atom. The summed E-state index contributed by atoms with van der Waals surface area (Å²) in [6.45, 7) is 4.83. The molecule has 1 fully saturated rings. The maximum Gasteiger partial charge on any atom is 0.225 e. The second kappa shape index (κ2) is 6.18. The molecule has 0 spiro atoms. The van der Waals surface area contributed by atoms with Gasteiger partial charge in [-0.3, -0.25) is 4.79 Å². The number of amides is 1. The van der Waals surface area contributed by atoms with E-state index in [4.69, 9.17) is 18.0 Å². The van der Waals surface area contributed by atoms with Gasteiger partial charge in [-0.2, -0.15) is 0 Å². The topological polar surface area (TPSA) is 46.3 Å². The van der Waals surface area contributed by atoms with Crippen molar-refractivity contribution >= 4 is 23.1 Å². The molecule has 16 heavy (non-hydrogen) atoms. The van der Waals surface area contributed by atoms with Crippen LogP contribution in [0.3, 0.4) is 0 Å². The summed E-state index contributed by atoms with van der Waals surface area (Å²) in [6.07, 6.45) is 4.95. The molecule has 1 amide bonds. The Morgan fingerprint density at radius 2 is 2.19 bits per heavy atom.